The minimum atomic E-state index is -0.740. The maximum absolute atomic E-state index is 12.4. The molecule has 1 aromatic heterocycles. The normalized spacial score (nSPS) is 10.6. The fraction of sp³-hybridized carbons (Fsp3) is 0.190. The number of para-hydroxylation sites is 1. The molecule has 0 spiro atoms. The van der Waals surface area contributed by atoms with Gasteiger partial charge in [-0.15, -0.1) is 0 Å². The highest BCUT2D eigenvalue weighted by atomic mass is 35.5. The quantitative estimate of drug-likeness (QED) is 0.650. The van der Waals surface area contributed by atoms with Gasteiger partial charge < -0.3 is 9.88 Å². The summed E-state index contributed by atoms with van der Waals surface area (Å²) in [6, 6.07) is 14.5. The zero-order valence-electron chi connectivity index (χ0n) is 15.4. The molecule has 6 nitrogen and oxygen atoms in total. The first-order valence-corrected chi connectivity index (χ1v) is 9.28. The maximum atomic E-state index is 12.4. The summed E-state index contributed by atoms with van der Waals surface area (Å²) < 4.78 is 2.43. The molecule has 0 aliphatic heterocycles. The molecule has 0 radical (unpaired) electrons. The van der Waals surface area contributed by atoms with Gasteiger partial charge in [0.1, 0.15) is 6.54 Å². The Hall–Kier alpha value is -3.12. The lowest BCUT2D eigenvalue weighted by Gasteiger charge is -2.11. The van der Waals surface area contributed by atoms with Crippen molar-refractivity contribution in [2.45, 2.75) is 26.4 Å². The van der Waals surface area contributed by atoms with Crippen LogP contribution in [0.3, 0.4) is 0 Å². The largest absolute Gasteiger partial charge is 0.324 e. The van der Waals surface area contributed by atoms with Gasteiger partial charge in [-0.25, -0.2) is 0 Å². The summed E-state index contributed by atoms with van der Waals surface area (Å²) in [7, 11) is 0. The van der Waals surface area contributed by atoms with Gasteiger partial charge in [0, 0.05) is 23.1 Å². The lowest BCUT2D eigenvalue weighted by molar-refractivity contribution is -0.116. The highest BCUT2D eigenvalue weighted by Gasteiger charge is 2.11. The Bertz CT molecular complexity index is 1100. The van der Waals surface area contributed by atoms with Crippen molar-refractivity contribution in [1.82, 2.24) is 9.13 Å². The van der Waals surface area contributed by atoms with E-state index in [1.165, 1.54) is 17.0 Å². The van der Waals surface area contributed by atoms with Crippen molar-refractivity contribution in [1.29, 1.82) is 0 Å². The Labute approximate surface area is 167 Å². The van der Waals surface area contributed by atoms with Crippen LogP contribution in [-0.2, 0) is 24.3 Å². The predicted octanol–water partition coefficient (Wildman–Crippen LogP) is 2.91. The average Bonchev–Trinajstić information content (AvgIpc) is 2.69. The summed E-state index contributed by atoms with van der Waals surface area (Å²) in [6.45, 7) is 2.02. The number of nitrogens with zero attached hydrogens (tertiary/aromatic N) is 2. The van der Waals surface area contributed by atoms with E-state index in [1.54, 1.807) is 24.3 Å². The number of hydrogen-bond donors (Lipinski definition) is 1. The van der Waals surface area contributed by atoms with E-state index >= 15 is 0 Å². The van der Waals surface area contributed by atoms with Crippen molar-refractivity contribution >= 4 is 23.2 Å². The molecular weight excluding hydrogens is 378 g/mol. The molecule has 3 rings (SSSR count). The Balaban J connectivity index is 1.75. The summed E-state index contributed by atoms with van der Waals surface area (Å²) >= 11 is 5.86. The number of hydrogen-bond acceptors (Lipinski definition) is 3. The summed E-state index contributed by atoms with van der Waals surface area (Å²) in [6.07, 6.45) is 3.73. The zero-order valence-corrected chi connectivity index (χ0v) is 16.1. The predicted molar refractivity (Wildman–Crippen MR) is 110 cm³/mol. The molecule has 2 aromatic carbocycles. The zero-order chi connectivity index (χ0) is 20.1. The number of benzene rings is 2. The molecule has 1 heterocycles. The Morgan fingerprint density at radius 3 is 2.32 bits per heavy atom. The van der Waals surface area contributed by atoms with Crippen molar-refractivity contribution in [2.75, 3.05) is 5.32 Å². The van der Waals surface area contributed by atoms with Crippen molar-refractivity contribution < 1.29 is 4.79 Å². The second-order valence-electron chi connectivity index (χ2n) is 6.35. The molecule has 0 atom stereocenters. The van der Waals surface area contributed by atoms with Gasteiger partial charge in [-0.2, -0.15) is 0 Å². The van der Waals surface area contributed by atoms with Gasteiger partial charge in [0.15, 0.2) is 0 Å². The van der Waals surface area contributed by atoms with Crippen LogP contribution in [0.4, 0.5) is 5.69 Å². The number of carbonyl (C=O) groups is 1. The minimum absolute atomic E-state index is 0.228. The number of carbonyl (C=O) groups excluding carboxylic acids is 1. The molecule has 0 unspecified atom stereocenters. The molecule has 0 saturated carbocycles. The second kappa shape index (κ2) is 8.71. The van der Waals surface area contributed by atoms with Crippen LogP contribution in [-0.4, -0.2) is 15.0 Å². The van der Waals surface area contributed by atoms with E-state index in [2.05, 4.69) is 5.32 Å². The molecule has 1 amide bonds. The average molecular weight is 398 g/mol. The fourth-order valence-electron chi connectivity index (χ4n) is 2.87. The molecule has 0 bridgehead atoms. The lowest BCUT2D eigenvalue weighted by atomic mass is 10.1. The molecule has 28 heavy (non-hydrogen) atoms. The van der Waals surface area contributed by atoms with Crippen molar-refractivity contribution in [3.8, 4) is 0 Å². The van der Waals surface area contributed by atoms with Crippen molar-refractivity contribution in [2.24, 2.45) is 0 Å². The SMILES string of the molecule is CCc1ccccc1NC(=O)Cn1ccn(Cc2ccc(Cl)cc2)c(=O)c1=O. The van der Waals surface area contributed by atoms with Crippen LogP contribution in [0.15, 0.2) is 70.5 Å². The van der Waals surface area contributed by atoms with Crippen LogP contribution in [0.1, 0.15) is 18.1 Å². The van der Waals surface area contributed by atoms with E-state index in [0.717, 1.165) is 22.1 Å². The van der Waals surface area contributed by atoms with Crippen LogP contribution in [0, 0.1) is 0 Å². The fourth-order valence-corrected chi connectivity index (χ4v) is 3.00. The number of aryl methyl sites for hydroxylation is 1. The molecule has 144 valence electrons. The van der Waals surface area contributed by atoms with E-state index in [4.69, 9.17) is 11.6 Å². The van der Waals surface area contributed by atoms with Gasteiger partial charge in [0.25, 0.3) is 0 Å². The summed E-state index contributed by atoms with van der Waals surface area (Å²) in [5.41, 5.74) is 1.13. The Morgan fingerprint density at radius 2 is 1.61 bits per heavy atom. The first-order chi connectivity index (χ1) is 13.5. The van der Waals surface area contributed by atoms with Gasteiger partial charge in [-0.3, -0.25) is 19.0 Å². The third-order valence-corrected chi connectivity index (χ3v) is 4.64. The smallest absolute Gasteiger partial charge is 0.316 e. The standard InChI is InChI=1S/C21H20ClN3O3/c1-2-16-5-3-4-6-18(16)23-19(26)14-25-12-11-24(20(27)21(25)28)13-15-7-9-17(22)10-8-15/h3-12H,2,13-14H2,1H3,(H,23,26). The van der Waals surface area contributed by atoms with Gasteiger partial charge in [0.05, 0.1) is 6.54 Å². The topological polar surface area (TPSA) is 73.1 Å². The van der Waals surface area contributed by atoms with Crippen molar-refractivity contribution in [3.63, 3.8) is 0 Å². The molecule has 3 aromatic rings. The van der Waals surface area contributed by atoms with Crippen LogP contribution >= 0.6 is 11.6 Å². The van der Waals surface area contributed by atoms with Gasteiger partial charge in [0.2, 0.25) is 5.91 Å². The first kappa shape index (κ1) is 19.6. The molecule has 7 heteroatoms. The first-order valence-electron chi connectivity index (χ1n) is 8.90. The number of rotatable bonds is 6. The van der Waals surface area contributed by atoms with Gasteiger partial charge in [-0.1, -0.05) is 48.9 Å². The van der Waals surface area contributed by atoms with E-state index in [0.29, 0.717) is 10.7 Å². The number of anilines is 1. The highest BCUT2D eigenvalue weighted by Crippen LogP contribution is 2.15. The third kappa shape index (κ3) is 4.58. The second-order valence-corrected chi connectivity index (χ2v) is 6.79. The molecular formula is C21H20ClN3O3. The third-order valence-electron chi connectivity index (χ3n) is 4.38. The lowest BCUT2D eigenvalue weighted by Crippen LogP contribution is -2.42. The summed E-state index contributed by atoms with van der Waals surface area (Å²) in [4.78, 5) is 37.1. The number of halogens is 1. The van der Waals surface area contributed by atoms with E-state index in [-0.39, 0.29) is 19.0 Å². The van der Waals surface area contributed by atoms with Crippen molar-refractivity contribution in [3.05, 3.63) is 97.8 Å². The number of aromatic nitrogens is 2. The van der Waals surface area contributed by atoms with Gasteiger partial charge in [-0.05, 0) is 35.7 Å². The Morgan fingerprint density at radius 1 is 0.964 bits per heavy atom. The van der Waals surface area contributed by atoms with Crippen LogP contribution in [0.5, 0.6) is 0 Å². The van der Waals surface area contributed by atoms with Crippen LogP contribution < -0.4 is 16.4 Å². The van der Waals surface area contributed by atoms with E-state index in [1.807, 2.05) is 31.2 Å². The Kier molecular flexibility index (Phi) is 6.11. The minimum Gasteiger partial charge on any atom is -0.324 e. The van der Waals surface area contributed by atoms with Crippen LogP contribution in [0.25, 0.3) is 0 Å². The monoisotopic (exact) mass is 397 g/mol. The van der Waals surface area contributed by atoms with E-state index in [9.17, 15) is 14.4 Å². The summed E-state index contributed by atoms with van der Waals surface area (Å²) in [5, 5.41) is 3.40. The van der Waals surface area contributed by atoms with E-state index < -0.39 is 11.1 Å². The maximum Gasteiger partial charge on any atom is 0.316 e. The molecule has 0 aliphatic rings. The molecule has 1 N–H and O–H groups in total. The summed E-state index contributed by atoms with van der Waals surface area (Å²) in [5.74, 6) is -0.363. The number of amides is 1. The molecule has 0 aliphatic carbocycles. The van der Waals surface area contributed by atoms with Gasteiger partial charge >= 0.3 is 11.1 Å². The van der Waals surface area contributed by atoms with Crippen LogP contribution in [0.2, 0.25) is 5.02 Å². The molecule has 0 saturated heterocycles. The highest BCUT2D eigenvalue weighted by molar-refractivity contribution is 6.30. The number of nitrogens with one attached hydrogen (secondary N) is 1. The molecule has 0 fully saturated rings.